The van der Waals surface area contributed by atoms with E-state index in [0.29, 0.717) is 6.54 Å². The first kappa shape index (κ1) is 11.2. The number of hydrogen-bond acceptors (Lipinski definition) is 2. The minimum Gasteiger partial charge on any atom is -0.481 e. The maximum Gasteiger partial charge on any atom is 0.304 e. The van der Waals surface area contributed by atoms with Crippen molar-refractivity contribution in [3.05, 3.63) is 34.3 Å². The second-order valence-corrected chi connectivity index (χ2v) is 4.00. The third-order valence-electron chi connectivity index (χ3n) is 2.03. The topological polar surface area (TPSA) is 63.3 Å². The van der Waals surface area contributed by atoms with Gasteiger partial charge in [0.2, 0.25) is 0 Å². The van der Waals surface area contributed by atoms with E-state index in [1.807, 2.05) is 24.3 Å². The summed E-state index contributed by atoms with van der Waals surface area (Å²) in [4.78, 5) is 10.6. The average Bonchev–Trinajstić information content (AvgIpc) is 2.14. The van der Waals surface area contributed by atoms with E-state index in [0.717, 1.165) is 10.0 Å². The van der Waals surface area contributed by atoms with Gasteiger partial charge in [-0.3, -0.25) is 4.79 Å². The number of nitrogens with two attached hydrogens (primary N) is 1. The van der Waals surface area contributed by atoms with Crippen LogP contribution in [0.15, 0.2) is 28.7 Å². The summed E-state index contributed by atoms with van der Waals surface area (Å²) in [5.74, 6) is -0.926. The van der Waals surface area contributed by atoms with Crippen LogP contribution in [-0.4, -0.2) is 17.6 Å². The minimum absolute atomic E-state index is 0.0763. The molecule has 0 bridgehead atoms. The monoisotopic (exact) mass is 257 g/mol. The summed E-state index contributed by atoms with van der Waals surface area (Å²) in [6.45, 7) is 0.350. The summed E-state index contributed by atoms with van der Waals surface area (Å²) < 4.78 is 0.943. The molecule has 0 saturated heterocycles. The molecule has 0 fully saturated rings. The summed E-state index contributed by atoms with van der Waals surface area (Å²) >= 11 is 3.34. The van der Waals surface area contributed by atoms with Gasteiger partial charge in [0.05, 0.1) is 6.42 Å². The highest BCUT2D eigenvalue weighted by atomic mass is 79.9. The van der Waals surface area contributed by atoms with Gasteiger partial charge in [0.15, 0.2) is 0 Å². The maximum absolute atomic E-state index is 10.6. The Bertz CT molecular complexity index is 328. The Morgan fingerprint density at radius 1 is 1.57 bits per heavy atom. The van der Waals surface area contributed by atoms with Crippen molar-refractivity contribution < 1.29 is 9.90 Å². The van der Waals surface area contributed by atoms with Gasteiger partial charge in [-0.2, -0.15) is 0 Å². The molecule has 4 heteroatoms. The van der Waals surface area contributed by atoms with Gasteiger partial charge >= 0.3 is 5.97 Å². The number of hydrogen-bond donors (Lipinski definition) is 2. The Labute approximate surface area is 91.1 Å². The van der Waals surface area contributed by atoms with Crippen LogP contribution >= 0.6 is 15.9 Å². The minimum atomic E-state index is -0.819. The molecule has 1 aromatic rings. The molecule has 0 aliphatic heterocycles. The second kappa shape index (κ2) is 5.12. The molecule has 1 aromatic carbocycles. The zero-order valence-corrected chi connectivity index (χ0v) is 9.20. The molecular weight excluding hydrogens is 246 g/mol. The van der Waals surface area contributed by atoms with Crippen LogP contribution in [0, 0.1) is 0 Å². The van der Waals surface area contributed by atoms with Gasteiger partial charge in [0.1, 0.15) is 0 Å². The average molecular weight is 258 g/mol. The van der Waals surface area contributed by atoms with Gasteiger partial charge in [-0.1, -0.05) is 28.1 Å². The number of carboxylic acids is 1. The third kappa shape index (κ3) is 3.12. The molecule has 1 rings (SSSR count). The molecule has 0 heterocycles. The van der Waals surface area contributed by atoms with Crippen LogP contribution in [-0.2, 0) is 4.79 Å². The van der Waals surface area contributed by atoms with Gasteiger partial charge in [-0.15, -0.1) is 0 Å². The van der Waals surface area contributed by atoms with Gasteiger partial charge in [-0.25, -0.2) is 0 Å². The summed E-state index contributed by atoms with van der Waals surface area (Å²) in [5.41, 5.74) is 6.49. The Morgan fingerprint density at radius 3 is 2.79 bits per heavy atom. The Balaban J connectivity index is 2.83. The Kier molecular flexibility index (Phi) is 4.10. The first-order chi connectivity index (χ1) is 6.63. The highest BCUT2D eigenvalue weighted by molar-refractivity contribution is 9.10. The van der Waals surface area contributed by atoms with E-state index >= 15 is 0 Å². The molecular formula is C10H12BrNO2. The Morgan fingerprint density at radius 2 is 2.29 bits per heavy atom. The molecule has 0 aliphatic rings. The summed E-state index contributed by atoms with van der Waals surface area (Å²) in [5, 5.41) is 8.68. The predicted octanol–water partition coefficient (Wildman–Crippen LogP) is 1.97. The first-order valence-corrected chi connectivity index (χ1v) is 5.10. The van der Waals surface area contributed by atoms with Gasteiger partial charge in [0.25, 0.3) is 0 Å². The number of benzene rings is 1. The van der Waals surface area contributed by atoms with E-state index in [1.54, 1.807) is 0 Å². The van der Waals surface area contributed by atoms with E-state index in [9.17, 15) is 4.79 Å². The molecule has 76 valence electrons. The number of rotatable bonds is 4. The maximum atomic E-state index is 10.6. The normalized spacial score (nSPS) is 12.4. The molecule has 14 heavy (non-hydrogen) atoms. The van der Waals surface area contributed by atoms with Crippen molar-refractivity contribution in [1.29, 1.82) is 0 Å². The van der Waals surface area contributed by atoms with Crippen LogP contribution in [0.4, 0.5) is 0 Å². The van der Waals surface area contributed by atoms with Gasteiger partial charge in [-0.05, 0) is 24.2 Å². The third-order valence-corrected chi connectivity index (χ3v) is 2.52. The second-order valence-electron chi connectivity index (χ2n) is 3.09. The molecule has 3 nitrogen and oxygen atoms in total. The lowest BCUT2D eigenvalue weighted by atomic mass is 9.96. The number of halogens is 1. The molecule has 3 N–H and O–H groups in total. The highest BCUT2D eigenvalue weighted by Crippen LogP contribution is 2.21. The van der Waals surface area contributed by atoms with Crippen LogP contribution in [0.1, 0.15) is 17.9 Å². The van der Waals surface area contributed by atoms with Crippen molar-refractivity contribution in [3.63, 3.8) is 0 Å². The molecule has 1 atom stereocenters. The zero-order valence-electron chi connectivity index (χ0n) is 7.61. The first-order valence-electron chi connectivity index (χ1n) is 4.31. The van der Waals surface area contributed by atoms with Crippen LogP contribution in [0.25, 0.3) is 0 Å². The lowest BCUT2D eigenvalue weighted by Gasteiger charge is -2.12. The fourth-order valence-corrected chi connectivity index (χ4v) is 1.73. The summed E-state index contributed by atoms with van der Waals surface area (Å²) in [6.07, 6.45) is 0.0763. The molecule has 0 radical (unpaired) electrons. The summed E-state index contributed by atoms with van der Waals surface area (Å²) in [7, 11) is 0. The molecule has 0 spiro atoms. The van der Waals surface area contributed by atoms with Crippen molar-refractivity contribution in [2.45, 2.75) is 12.3 Å². The number of carbonyl (C=O) groups is 1. The molecule has 0 aliphatic carbocycles. The quantitative estimate of drug-likeness (QED) is 0.867. The van der Waals surface area contributed by atoms with Crippen LogP contribution < -0.4 is 5.73 Å². The SMILES string of the molecule is NCC(CC(=O)O)c1cccc(Br)c1. The van der Waals surface area contributed by atoms with E-state index < -0.39 is 5.97 Å². The van der Waals surface area contributed by atoms with E-state index in [2.05, 4.69) is 15.9 Å². The molecule has 0 aromatic heterocycles. The van der Waals surface area contributed by atoms with E-state index in [-0.39, 0.29) is 12.3 Å². The van der Waals surface area contributed by atoms with Crippen molar-refractivity contribution in [2.75, 3.05) is 6.54 Å². The van der Waals surface area contributed by atoms with Crippen LogP contribution in [0.2, 0.25) is 0 Å². The lowest BCUT2D eigenvalue weighted by molar-refractivity contribution is -0.137. The van der Waals surface area contributed by atoms with Gasteiger partial charge < -0.3 is 10.8 Å². The Hall–Kier alpha value is -0.870. The molecule has 1 unspecified atom stereocenters. The summed E-state index contributed by atoms with van der Waals surface area (Å²) in [6, 6.07) is 7.58. The van der Waals surface area contributed by atoms with Gasteiger partial charge in [0, 0.05) is 10.4 Å². The zero-order chi connectivity index (χ0) is 10.6. The van der Waals surface area contributed by atoms with Crippen molar-refractivity contribution in [2.24, 2.45) is 5.73 Å². The molecule has 0 saturated carbocycles. The van der Waals surface area contributed by atoms with Crippen molar-refractivity contribution in [3.8, 4) is 0 Å². The fourth-order valence-electron chi connectivity index (χ4n) is 1.31. The molecule has 0 amide bonds. The van der Waals surface area contributed by atoms with Crippen molar-refractivity contribution in [1.82, 2.24) is 0 Å². The van der Waals surface area contributed by atoms with Crippen LogP contribution in [0.5, 0.6) is 0 Å². The number of aliphatic carboxylic acids is 1. The van der Waals surface area contributed by atoms with Crippen molar-refractivity contribution >= 4 is 21.9 Å². The standard InChI is InChI=1S/C10H12BrNO2/c11-9-3-1-2-7(4-9)8(6-12)5-10(13)14/h1-4,8H,5-6,12H2,(H,13,14). The largest absolute Gasteiger partial charge is 0.481 e. The predicted molar refractivity (Wildman–Crippen MR) is 58.2 cm³/mol. The number of carboxylic acid groups (broad SMARTS) is 1. The van der Waals surface area contributed by atoms with Crippen LogP contribution in [0.3, 0.4) is 0 Å². The fraction of sp³-hybridized carbons (Fsp3) is 0.300. The smallest absolute Gasteiger partial charge is 0.304 e. The van der Waals surface area contributed by atoms with E-state index in [4.69, 9.17) is 10.8 Å². The lowest BCUT2D eigenvalue weighted by Crippen LogP contribution is -2.16. The van der Waals surface area contributed by atoms with E-state index in [1.165, 1.54) is 0 Å². The highest BCUT2D eigenvalue weighted by Gasteiger charge is 2.13.